The van der Waals surface area contributed by atoms with Gasteiger partial charge >= 0.3 is 65.4 Å². The van der Waals surface area contributed by atoms with Gasteiger partial charge in [-0.1, -0.05) is 223 Å². The van der Waals surface area contributed by atoms with Crippen molar-refractivity contribution in [3.8, 4) is 44.5 Å². The van der Waals surface area contributed by atoms with Crippen molar-refractivity contribution in [3.63, 3.8) is 0 Å². The van der Waals surface area contributed by atoms with Crippen LogP contribution in [0.25, 0.3) is 44.5 Å². The molecule has 0 spiro atoms. The molecule has 0 saturated heterocycles. The normalized spacial score (nSPS) is 13.2. The second-order valence-electron chi connectivity index (χ2n) is 27.1. The van der Waals surface area contributed by atoms with Crippen LogP contribution in [0.3, 0.4) is 0 Å². The van der Waals surface area contributed by atoms with E-state index in [9.17, 15) is 0 Å². The van der Waals surface area contributed by atoms with Crippen LogP contribution in [-0.4, -0.2) is 0 Å². The molecule has 2 atom stereocenters. The van der Waals surface area contributed by atoms with Gasteiger partial charge in [-0.2, -0.15) is 113 Å². The van der Waals surface area contributed by atoms with Gasteiger partial charge in [-0.15, -0.1) is 34.4 Å². The molecule has 2 heteroatoms. The first-order valence-corrected chi connectivity index (χ1v) is 32.9. The van der Waals surface area contributed by atoms with Crippen LogP contribution in [0.15, 0.2) is 146 Å². The van der Waals surface area contributed by atoms with Crippen LogP contribution >= 0.6 is 0 Å². The molecule has 10 rings (SSSR count). The number of benzene rings is 8. The summed E-state index contributed by atoms with van der Waals surface area (Å²) in [4.78, 5) is 0. The topological polar surface area (TPSA) is 0 Å². The number of rotatable bonds is 12. The third-order valence-electron chi connectivity index (χ3n) is 16.6. The van der Waals surface area contributed by atoms with Crippen molar-refractivity contribution in [2.75, 3.05) is 0 Å². The smallest absolute Gasteiger partial charge is 0.335 e. The first-order valence-electron chi connectivity index (χ1n) is 32.9. The molecule has 0 fully saturated rings. The number of hydrogen-bond acceptors (Lipinski definition) is 0. The van der Waals surface area contributed by atoms with Gasteiger partial charge < -0.3 is 12.8 Å². The van der Waals surface area contributed by atoms with E-state index in [1.807, 2.05) is 76.9 Å². The fourth-order valence-electron chi connectivity index (χ4n) is 12.9. The summed E-state index contributed by atoms with van der Waals surface area (Å²) in [5.41, 5.74) is 28.4. The molecule has 2 aliphatic rings. The summed E-state index contributed by atoms with van der Waals surface area (Å²) in [5, 5.41) is 0. The second-order valence-corrected chi connectivity index (χ2v) is 27.1. The predicted molar refractivity (Wildman–Crippen MR) is 380 cm³/mol. The van der Waals surface area contributed by atoms with E-state index >= 15 is 0 Å². The van der Waals surface area contributed by atoms with E-state index in [4.69, 9.17) is 0 Å². The van der Waals surface area contributed by atoms with Crippen molar-refractivity contribution in [1.29, 1.82) is 0 Å². The largest absolute Gasteiger partial charge is 3.00 e. The Morgan fingerprint density at radius 2 is 0.591 bits per heavy atom. The SMILES string of the molecule is CC(C)c1[c-]c(-c2[c-]cccc2)ccc1C(C)C.CC(C)c1[c-]c(-c2[c-]cccc2)ccc1C(C)C.CC(C)c1ccc2c(c1C(C)C)C(C(C)C)c1ccccc1-2.CC(C)c1ccc2c(c1C(C)C)C(C(C)C)c1ccccc1-2.C[CH-]C.C[CH-]C.[Y+3].[Y+3]. The first kappa shape index (κ1) is 78.2. The van der Waals surface area contributed by atoms with Crippen LogP contribution in [0.4, 0.5) is 0 Å². The Balaban J connectivity index is 0.000000296. The van der Waals surface area contributed by atoms with Gasteiger partial charge in [-0.05, 0) is 114 Å². The van der Waals surface area contributed by atoms with E-state index in [1.165, 1.54) is 66.8 Å². The molecule has 460 valence electrons. The molecule has 0 nitrogen and oxygen atoms in total. The Bertz CT molecular complexity index is 3100. The summed E-state index contributed by atoms with van der Waals surface area (Å²) in [6.07, 6.45) is 4.00. The number of fused-ring (bicyclic) bond motifs is 6. The Kier molecular flexibility index (Phi) is 33.3. The Morgan fingerprint density at radius 3 is 0.852 bits per heavy atom. The second kappa shape index (κ2) is 37.5. The average Bonchev–Trinajstić information content (AvgIpc) is 1.89. The molecule has 2 unspecified atom stereocenters. The van der Waals surface area contributed by atoms with E-state index in [-0.39, 0.29) is 65.4 Å². The zero-order valence-electron chi connectivity index (χ0n) is 59.1. The van der Waals surface area contributed by atoms with Crippen LogP contribution in [0.5, 0.6) is 0 Å². The van der Waals surface area contributed by atoms with Gasteiger partial charge in [-0.3, -0.25) is 0 Å². The first-order chi connectivity index (χ1) is 40.9. The van der Waals surface area contributed by atoms with Crippen molar-refractivity contribution in [1.82, 2.24) is 0 Å². The zero-order valence-corrected chi connectivity index (χ0v) is 64.8. The van der Waals surface area contributed by atoms with Crippen molar-refractivity contribution < 1.29 is 65.4 Å². The van der Waals surface area contributed by atoms with Crippen molar-refractivity contribution >= 4 is 0 Å². The van der Waals surface area contributed by atoms with Gasteiger partial charge in [0.05, 0.1) is 0 Å². The molecule has 0 N–H and O–H groups in total. The summed E-state index contributed by atoms with van der Waals surface area (Å²) >= 11 is 0. The molecule has 8 aromatic carbocycles. The molecule has 8 aromatic rings. The molecule has 0 bridgehead atoms. The van der Waals surface area contributed by atoms with Gasteiger partial charge in [0.15, 0.2) is 0 Å². The van der Waals surface area contributed by atoms with Crippen LogP contribution in [-0.2, 0) is 65.4 Å². The summed E-state index contributed by atoms with van der Waals surface area (Å²) in [6.45, 7) is 54.0. The molecule has 2 aliphatic carbocycles. The molecule has 88 heavy (non-hydrogen) atoms. The Hall–Kier alpha value is -4.03. The van der Waals surface area contributed by atoms with E-state index in [0.717, 1.165) is 22.3 Å². The van der Waals surface area contributed by atoms with E-state index in [2.05, 4.69) is 272 Å². The molecule has 0 saturated carbocycles. The summed E-state index contributed by atoms with van der Waals surface area (Å²) < 4.78 is 0. The summed E-state index contributed by atoms with van der Waals surface area (Å²) in [5.74, 6) is 6.76. The monoisotopic (exact) mass is 1320 g/mol. The minimum absolute atomic E-state index is 0. The predicted octanol–water partition coefficient (Wildman–Crippen LogP) is 26.3. The van der Waals surface area contributed by atoms with E-state index < -0.39 is 0 Å². The quantitative estimate of drug-likeness (QED) is 0.107. The molecule has 0 heterocycles. The fourth-order valence-corrected chi connectivity index (χ4v) is 12.9. The van der Waals surface area contributed by atoms with Crippen LogP contribution in [0.1, 0.15) is 292 Å². The molecule has 0 aromatic heterocycles. The molecule has 0 radical (unpaired) electrons. The van der Waals surface area contributed by atoms with Gasteiger partial charge in [0.25, 0.3) is 0 Å². The van der Waals surface area contributed by atoms with Gasteiger partial charge in [0.2, 0.25) is 0 Å². The summed E-state index contributed by atoms with van der Waals surface area (Å²) in [7, 11) is 0. The van der Waals surface area contributed by atoms with Crippen LogP contribution in [0, 0.1) is 48.9 Å². The molecular weight excluding hydrogens is 1210 g/mol. The van der Waals surface area contributed by atoms with Crippen LogP contribution in [0.2, 0.25) is 0 Å². The maximum Gasteiger partial charge on any atom is 3.00 e. The van der Waals surface area contributed by atoms with Gasteiger partial charge in [0, 0.05) is 11.8 Å². The molecular formula is C86H110Y2. The zero-order chi connectivity index (χ0) is 63.7. The molecule has 0 aliphatic heterocycles. The fraction of sp³-hybridized carbons (Fsp3) is 0.419. The maximum absolute atomic E-state index is 3.58. The standard InChI is InChI=1S/2C22H28.2C18H20.2C3H7.2Y/c2*1-13(2)16-11-12-19-17-9-7-8-10-18(17)21(15(5)6)22(19)20(16)14(3)4;2*1-13(2)17-11-10-16(12-18(17)14(3)4)15-8-6-5-7-9-15;2*1-3-2;;/h2*7-15,21H,1-6H3;2*5-8,10-11,13-14H,1-4H3;2*3H,1-2H3;;/q;;2*-2;2*-1;2*+3. The Morgan fingerprint density at radius 1 is 0.295 bits per heavy atom. The Labute approximate surface area is 590 Å². The molecule has 0 amide bonds. The van der Waals surface area contributed by atoms with Crippen molar-refractivity contribution in [2.24, 2.45) is 11.8 Å². The third-order valence-corrected chi connectivity index (χ3v) is 16.6. The van der Waals surface area contributed by atoms with E-state index in [1.54, 1.807) is 22.3 Å². The van der Waals surface area contributed by atoms with Crippen molar-refractivity contribution in [2.45, 2.75) is 225 Å². The minimum Gasteiger partial charge on any atom is -0.335 e. The van der Waals surface area contributed by atoms with Crippen molar-refractivity contribution in [3.05, 3.63) is 249 Å². The van der Waals surface area contributed by atoms with Crippen LogP contribution < -0.4 is 0 Å². The summed E-state index contributed by atoms with van der Waals surface area (Å²) in [6, 6.07) is 66.2. The average molecular weight is 1320 g/mol. The van der Waals surface area contributed by atoms with Gasteiger partial charge in [0.1, 0.15) is 0 Å². The van der Waals surface area contributed by atoms with E-state index in [0.29, 0.717) is 71.0 Å². The number of hydrogen-bond donors (Lipinski definition) is 0. The maximum atomic E-state index is 3.58. The minimum atomic E-state index is 0. The van der Waals surface area contributed by atoms with Gasteiger partial charge in [-0.25, -0.2) is 22.3 Å². The third kappa shape index (κ3) is 19.5.